The smallest absolute Gasteiger partial charge is 0.339 e. The van der Waals surface area contributed by atoms with Crippen LogP contribution in [0.5, 0.6) is 0 Å². The van der Waals surface area contributed by atoms with Crippen LogP contribution in [0, 0.1) is 5.82 Å². The molecule has 0 atom stereocenters. The topological polar surface area (TPSA) is 54.4 Å². The molecular formula is C16H11FO3. The van der Waals surface area contributed by atoms with Crippen LogP contribution in [0.3, 0.4) is 0 Å². The van der Waals surface area contributed by atoms with Crippen molar-refractivity contribution in [1.82, 2.24) is 0 Å². The predicted octanol–water partition coefficient (Wildman–Crippen LogP) is 3.18. The number of carboxylic acid groups (broad SMARTS) is 1. The van der Waals surface area contributed by atoms with Crippen LogP contribution in [0.4, 0.5) is 4.39 Å². The molecule has 0 unspecified atom stereocenters. The van der Waals surface area contributed by atoms with Crippen LogP contribution in [0.25, 0.3) is 6.08 Å². The molecule has 20 heavy (non-hydrogen) atoms. The minimum Gasteiger partial charge on any atom is -0.478 e. The summed E-state index contributed by atoms with van der Waals surface area (Å²) in [6, 6.07) is 13.4. The summed E-state index contributed by atoms with van der Waals surface area (Å²) in [6.45, 7) is 0. The number of Topliss-reactive ketones (excluding diaryl/α,β-unsaturated/α-hetero) is 1. The van der Waals surface area contributed by atoms with E-state index in [2.05, 4.69) is 0 Å². The van der Waals surface area contributed by atoms with E-state index in [4.69, 9.17) is 5.11 Å². The summed E-state index contributed by atoms with van der Waals surface area (Å²) >= 11 is 0. The largest absolute Gasteiger partial charge is 0.478 e. The van der Waals surface area contributed by atoms with Gasteiger partial charge in [0.25, 0.3) is 0 Å². The molecule has 3 nitrogen and oxygen atoms in total. The fourth-order valence-corrected chi connectivity index (χ4v) is 1.70. The zero-order chi connectivity index (χ0) is 14.5. The predicted molar refractivity (Wildman–Crippen MR) is 72.8 cm³/mol. The van der Waals surface area contributed by atoms with Crippen molar-refractivity contribution in [2.24, 2.45) is 0 Å². The summed E-state index contributed by atoms with van der Waals surface area (Å²) in [5.41, 5.74) is 0.388. The molecule has 2 rings (SSSR count). The SMILES string of the molecule is O=C(O)C(=Cc1ccc(F)cc1)C(=O)c1ccccc1. The van der Waals surface area contributed by atoms with Crippen LogP contribution >= 0.6 is 0 Å². The Morgan fingerprint density at radius 3 is 2.10 bits per heavy atom. The van der Waals surface area contributed by atoms with Crippen LogP contribution in [0.1, 0.15) is 15.9 Å². The Bertz CT molecular complexity index is 658. The van der Waals surface area contributed by atoms with Crippen LogP contribution in [0.2, 0.25) is 0 Å². The fourth-order valence-electron chi connectivity index (χ4n) is 1.70. The number of carbonyl (C=O) groups excluding carboxylic acids is 1. The van der Waals surface area contributed by atoms with Crippen molar-refractivity contribution in [3.63, 3.8) is 0 Å². The van der Waals surface area contributed by atoms with E-state index in [1.165, 1.54) is 30.3 Å². The van der Waals surface area contributed by atoms with E-state index in [9.17, 15) is 14.0 Å². The Balaban J connectivity index is 2.39. The van der Waals surface area contributed by atoms with E-state index in [1.807, 2.05) is 0 Å². The van der Waals surface area contributed by atoms with E-state index in [0.29, 0.717) is 11.1 Å². The molecule has 2 aromatic carbocycles. The van der Waals surface area contributed by atoms with Gasteiger partial charge in [-0.2, -0.15) is 0 Å². The second-order valence-electron chi connectivity index (χ2n) is 4.11. The first-order valence-corrected chi connectivity index (χ1v) is 5.88. The first-order chi connectivity index (χ1) is 9.58. The highest BCUT2D eigenvalue weighted by atomic mass is 19.1. The number of hydrogen-bond acceptors (Lipinski definition) is 2. The van der Waals surface area contributed by atoms with Gasteiger partial charge >= 0.3 is 5.97 Å². The van der Waals surface area contributed by atoms with Crippen LogP contribution in [-0.4, -0.2) is 16.9 Å². The Kier molecular flexibility index (Phi) is 4.05. The monoisotopic (exact) mass is 270 g/mol. The number of aliphatic carboxylic acids is 1. The number of ketones is 1. The van der Waals surface area contributed by atoms with Gasteiger partial charge in [0.2, 0.25) is 0 Å². The highest BCUT2D eigenvalue weighted by Crippen LogP contribution is 2.14. The molecule has 0 aliphatic rings. The quantitative estimate of drug-likeness (QED) is 0.402. The van der Waals surface area contributed by atoms with Crippen molar-refractivity contribution < 1.29 is 19.1 Å². The number of carboxylic acids is 1. The maximum Gasteiger partial charge on any atom is 0.339 e. The second kappa shape index (κ2) is 5.93. The molecule has 0 amide bonds. The molecule has 0 saturated heterocycles. The van der Waals surface area contributed by atoms with Gasteiger partial charge in [-0.15, -0.1) is 0 Å². The maximum absolute atomic E-state index is 12.8. The van der Waals surface area contributed by atoms with Crippen LogP contribution in [0.15, 0.2) is 60.2 Å². The average Bonchev–Trinajstić information content (AvgIpc) is 2.46. The molecule has 100 valence electrons. The van der Waals surface area contributed by atoms with Gasteiger partial charge in [-0.25, -0.2) is 9.18 Å². The molecule has 0 aromatic heterocycles. The summed E-state index contributed by atoms with van der Waals surface area (Å²) in [6.07, 6.45) is 1.23. The van der Waals surface area contributed by atoms with Gasteiger partial charge < -0.3 is 5.11 Å². The van der Waals surface area contributed by atoms with E-state index in [1.54, 1.807) is 30.3 Å². The summed E-state index contributed by atoms with van der Waals surface area (Å²) in [5, 5.41) is 9.16. The van der Waals surface area contributed by atoms with Gasteiger partial charge in [0.15, 0.2) is 5.78 Å². The molecule has 0 heterocycles. The Hall–Kier alpha value is -2.75. The van der Waals surface area contributed by atoms with Crippen molar-refractivity contribution in [2.45, 2.75) is 0 Å². The third-order valence-corrected chi connectivity index (χ3v) is 2.69. The molecule has 0 spiro atoms. The molecule has 0 aliphatic carbocycles. The number of benzene rings is 2. The van der Waals surface area contributed by atoms with E-state index < -0.39 is 17.6 Å². The van der Waals surface area contributed by atoms with Gasteiger partial charge in [0.05, 0.1) is 0 Å². The Morgan fingerprint density at radius 2 is 1.55 bits per heavy atom. The van der Waals surface area contributed by atoms with Crippen LogP contribution in [-0.2, 0) is 4.79 Å². The summed E-state index contributed by atoms with van der Waals surface area (Å²) in [7, 11) is 0. The lowest BCUT2D eigenvalue weighted by atomic mass is 10.0. The van der Waals surface area contributed by atoms with Crippen molar-refractivity contribution >= 4 is 17.8 Å². The standard InChI is InChI=1S/C16H11FO3/c17-13-8-6-11(7-9-13)10-14(16(19)20)15(18)12-4-2-1-3-5-12/h1-10H,(H,19,20). The van der Waals surface area contributed by atoms with Gasteiger partial charge in [-0.3, -0.25) is 4.79 Å². The summed E-state index contributed by atoms with van der Waals surface area (Å²) < 4.78 is 12.8. The number of rotatable bonds is 4. The third kappa shape index (κ3) is 3.17. The molecule has 0 fully saturated rings. The van der Waals surface area contributed by atoms with E-state index in [0.717, 1.165) is 0 Å². The molecule has 0 saturated carbocycles. The van der Waals surface area contributed by atoms with Crippen LogP contribution < -0.4 is 0 Å². The zero-order valence-electron chi connectivity index (χ0n) is 10.4. The third-order valence-electron chi connectivity index (χ3n) is 2.69. The minimum absolute atomic E-state index is 0.295. The molecule has 2 aromatic rings. The zero-order valence-corrected chi connectivity index (χ0v) is 10.4. The normalized spacial score (nSPS) is 11.2. The molecule has 4 heteroatoms. The lowest BCUT2D eigenvalue weighted by molar-refractivity contribution is -0.132. The lowest BCUT2D eigenvalue weighted by Gasteiger charge is -2.02. The highest BCUT2D eigenvalue weighted by Gasteiger charge is 2.18. The second-order valence-corrected chi connectivity index (χ2v) is 4.11. The first-order valence-electron chi connectivity index (χ1n) is 5.88. The highest BCUT2D eigenvalue weighted by molar-refractivity contribution is 6.26. The number of carbonyl (C=O) groups is 2. The minimum atomic E-state index is -1.32. The van der Waals surface area contributed by atoms with Gasteiger partial charge in [0, 0.05) is 5.56 Å². The van der Waals surface area contributed by atoms with E-state index >= 15 is 0 Å². The maximum atomic E-state index is 12.8. The van der Waals surface area contributed by atoms with Crippen molar-refractivity contribution in [1.29, 1.82) is 0 Å². The van der Waals surface area contributed by atoms with E-state index in [-0.39, 0.29) is 5.57 Å². The first kappa shape index (κ1) is 13.7. The lowest BCUT2D eigenvalue weighted by Crippen LogP contribution is -2.12. The van der Waals surface area contributed by atoms with Gasteiger partial charge in [0.1, 0.15) is 11.4 Å². The number of halogens is 1. The number of hydrogen-bond donors (Lipinski definition) is 1. The molecule has 1 N–H and O–H groups in total. The van der Waals surface area contributed by atoms with Gasteiger partial charge in [-0.1, -0.05) is 42.5 Å². The summed E-state index contributed by atoms with van der Waals surface area (Å²) in [4.78, 5) is 23.4. The Morgan fingerprint density at radius 1 is 0.950 bits per heavy atom. The van der Waals surface area contributed by atoms with Crippen molar-refractivity contribution in [2.75, 3.05) is 0 Å². The van der Waals surface area contributed by atoms with Crippen molar-refractivity contribution in [3.8, 4) is 0 Å². The molecule has 0 bridgehead atoms. The van der Waals surface area contributed by atoms with Crippen molar-refractivity contribution in [3.05, 3.63) is 77.1 Å². The average molecular weight is 270 g/mol. The fraction of sp³-hybridized carbons (Fsp3) is 0. The Labute approximate surface area is 115 Å². The molecule has 0 radical (unpaired) electrons. The van der Waals surface area contributed by atoms with Gasteiger partial charge in [-0.05, 0) is 23.8 Å². The summed E-state index contributed by atoms with van der Waals surface area (Å²) in [5.74, 6) is -2.32. The molecule has 0 aliphatic heterocycles. The molecular weight excluding hydrogens is 259 g/mol.